The van der Waals surface area contributed by atoms with Gasteiger partial charge >= 0.3 is 0 Å². The molecule has 2 atom stereocenters. The molecule has 0 bridgehead atoms. The van der Waals surface area contributed by atoms with Gasteiger partial charge in [-0.15, -0.1) is 0 Å². The SMILES string of the molecule is CC(Br)CC(C)NC(=O)c1nn(C)c2ccccc12. The van der Waals surface area contributed by atoms with E-state index in [1.807, 2.05) is 38.2 Å². The molecule has 0 fully saturated rings. The second-order valence-corrected chi connectivity index (χ2v) is 6.44. The van der Waals surface area contributed by atoms with Gasteiger partial charge in [0, 0.05) is 23.3 Å². The van der Waals surface area contributed by atoms with Crippen LogP contribution in [0.5, 0.6) is 0 Å². The van der Waals surface area contributed by atoms with Crippen molar-refractivity contribution in [3.63, 3.8) is 0 Å². The summed E-state index contributed by atoms with van der Waals surface area (Å²) in [5.74, 6) is -0.113. The molecule has 2 rings (SSSR count). The molecule has 0 saturated carbocycles. The van der Waals surface area contributed by atoms with Crippen molar-refractivity contribution in [3.8, 4) is 0 Å². The van der Waals surface area contributed by atoms with Gasteiger partial charge in [-0.1, -0.05) is 41.1 Å². The second kappa shape index (κ2) is 5.74. The molecule has 1 heterocycles. The van der Waals surface area contributed by atoms with E-state index in [2.05, 4.69) is 33.3 Å². The second-order valence-electron chi connectivity index (χ2n) is 4.88. The van der Waals surface area contributed by atoms with Crippen molar-refractivity contribution in [1.29, 1.82) is 0 Å². The maximum atomic E-state index is 12.3. The number of alkyl halides is 1. The molecule has 0 spiro atoms. The quantitative estimate of drug-likeness (QED) is 0.879. The number of nitrogens with zero attached hydrogens (tertiary/aromatic N) is 2. The van der Waals surface area contributed by atoms with Crippen molar-refractivity contribution in [3.05, 3.63) is 30.0 Å². The third kappa shape index (κ3) is 3.15. The van der Waals surface area contributed by atoms with Gasteiger partial charge in [-0.05, 0) is 19.4 Å². The highest BCUT2D eigenvalue weighted by Crippen LogP contribution is 2.17. The van der Waals surface area contributed by atoms with Gasteiger partial charge in [0.15, 0.2) is 5.69 Å². The summed E-state index contributed by atoms with van der Waals surface area (Å²) in [6, 6.07) is 7.87. The van der Waals surface area contributed by atoms with Crippen LogP contribution in [-0.4, -0.2) is 26.6 Å². The minimum atomic E-state index is -0.113. The van der Waals surface area contributed by atoms with Crippen LogP contribution >= 0.6 is 15.9 Å². The molecule has 2 unspecified atom stereocenters. The zero-order valence-corrected chi connectivity index (χ0v) is 12.9. The van der Waals surface area contributed by atoms with Crippen LogP contribution in [0.4, 0.5) is 0 Å². The van der Waals surface area contributed by atoms with E-state index in [1.54, 1.807) is 4.68 Å². The van der Waals surface area contributed by atoms with E-state index < -0.39 is 0 Å². The Bertz CT molecular complexity index is 591. The smallest absolute Gasteiger partial charge is 0.272 e. The highest BCUT2D eigenvalue weighted by molar-refractivity contribution is 9.09. The topological polar surface area (TPSA) is 46.9 Å². The molecule has 1 amide bonds. The van der Waals surface area contributed by atoms with Gasteiger partial charge in [-0.2, -0.15) is 5.10 Å². The Labute approximate surface area is 121 Å². The minimum Gasteiger partial charge on any atom is -0.348 e. The van der Waals surface area contributed by atoms with Gasteiger partial charge in [0.05, 0.1) is 5.52 Å². The fourth-order valence-corrected chi connectivity index (χ4v) is 2.78. The average Bonchev–Trinajstić information content (AvgIpc) is 2.66. The number of aromatic nitrogens is 2. The van der Waals surface area contributed by atoms with Gasteiger partial charge in [-0.3, -0.25) is 9.48 Å². The normalized spacial score (nSPS) is 14.3. The number of benzene rings is 1. The predicted molar refractivity (Wildman–Crippen MR) is 80.6 cm³/mol. The lowest BCUT2D eigenvalue weighted by Crippen LogP contribution is -2.34. The number of hydrogen-bond donors (Lipinski definition) is 1. The van der Waals surface area contributed by atoms with Crippen molar-refractivity contribution in [2.45, 2.75) is 31.1 Å². The first-order valence-corrected chi connectivity index (χ1v) is 7.27. The number of aryl methyl sites for hydroxylation is 1. The van der Waals surface area contributed by atoms with Crippen LogP contribution in [-0.2, 0) is 7.05 Å². The van der Waals surface area contributed by atoms with Crippen LogP contribution in [0.2, 0.25) is 0 Å². The van der Waals surface area contributed by atoms with E-state index in [4.69, 9.17) is 0 Å². The van der Waals surface area contributed by atoms with E-state index in [9.17, 15) is 4.79 Å². The van der Waals surface area contributed by atoms with Gasteiger partial charge < -0.3 is 5.32 Å². The highest BCUT2D eigenvalue weighted by atomic mass is 79.9. The molecule has 0 radical (unpaired) electrons. The summed E-state index contributed by atoms with van der Waals surface area (Å²) in [6.07, 6.45) is 0.885. The van der Waals surface area contributed by atoms with Crippen LogP contribution in [0.25, 0.3) is 10.9 Å². The number of para-hydroxylation sites is 1. The minimum absolute atomic E-state index is 0.113. The summed E-state index contributed by atoms with van der Waals surface area (Å²) in [4.78, 5) is 12.6. The number of fused-ring (bicyclic) bond motifs is 1. The molecule has 0 aliphatic heterocycles. The number of rotatable bonds is 4. The Hall–Kier alpha value is -1.36. The van der Waals surface area contributed by atoms with Gasteiger partial charge in [0.2, 0.25) is 0 Å². The van der Waals surface area contributed by atoms with Crippen molar-refractivity contribution < 1.29 is 4.79 Å². The molecule has 0 saturated heterocycles. The molecule has 0 aliphatic carbocycles. The van der Waals surface area contributed by atoms with E-state index >= 15 is 0 Å². The maximum absolute atomic E-state index is 12.3. The van der Waals surface area contributed by atoms with Crippen molar-refractivity contribution in [2.24, 2.45) is 7.05 Å². The molecule has 2 aromatic rings. The Morgan fingerprint density at radius 2 is 2.11 bits per heavy atom. The van der Waals surface area contributed by atoms with Crippen LogP contribution in [0.3, 0.4) is 0 Å². The van der Waals surface area contributed by atoms with Crippen molar-refractivity contribution >= 4 is 32.7 Å². The molecule has 1 aromatic heterocycles. The summed E-state index contributed by atoms with van der Waals surface area (Å²) in [5, 5.41) is 8.19. The lowest BCUT2D eigenvalue weighted by atomic mass is 10.1. The van der Waals surface area contributed by atoms with Crippen LogP contribution in [0.1, 0.15) is 30.8 Å². The molecular weight excluding hydrogens is 306 g/mol. The van der Waals surface area contributed by atoms with E-state index in [0.29, 0.717) is 10.5 Å². The number of carbonyl (C=O) groups is 1. The van der Waals surface area contributed by atoms with E-state index in [0.717, 1.165) is 17.3 Å². The fourth-order valence-electron chi connectivity index (χ4n) is 2.22. The third-order valence-corrected chi connectivity index (χ3v) is 3.40. The summed E-state index contributed by atoms with van der Waals surface area (Å²) in [6.45, 7) is 4.07. The summed E-state index contributed by atoms with van der Waals surface area (Å²) in [7, 11) is 1.85. The lowest BCUT2D eigenvalue weighted by molar-refractivity contribution is 0.0934. The largest absolute Gasteiger partial charge is 0.348 e. The number of nitrogens with one attached hydrogen (secondary N) is 1. The Kier molecular flexibility index (Phi) is 4.24. The van der Waals surface area contributed by atoms with Crippen LogP contribution in [0.15, 0.2) is 24.3 Å². The van der Waals surface area contributed by atoms with Gasteiger partial charge in [0.1, 0.15) is 0 Å². The molecule has 5 heteroatoms. The molecule has 19 heavy (non-hydrogen) atoms. The molecular formula is C14H18BrN3O. The summed E-state index contributed by atoms with van der Waals surface area (Å²) in [5.41, 5.74) is 1.46. The van der Waals surface area contributed by atoms with E-state index in [-0.39, 0.29) is 11.9 Å². The van der Waals surface area contributed by atoms with Crippen LogP contribution < -0.4 is 5.32 Å². The zero-order chi connectivity index (χ0) is 14.0. The zero-order valence-electron chi connectivity index (χ0n) is 11.4. The molecule has 1 N–H and O–H groups in total. The Morgan fingerprint density at radius 1 is 1.42 bits per heavy atom. The Morgan fingerprint density at radius 3 is 2.79 bits per heavy atom. The predicted octanol–water partition coefficient (Wildman–Crippen LogP) is 2.87. The number of halogens is 1. The number of carbonyl (C=O) groups excluding carboxylic acids is 1. The van der Waals surface area contributed by atoms with E-state index in [1.165, 1.54) is 0 Å². The van der Waals surface area contributed by atoms with Crippen molar-refractivity contribution in [1.82, 2.24) is 15.1 Å². The molecule has 0 aliphatic rings. The first-order valence-electron chi connectivity index (χ1n) is 6.35. The Balaban J connectivity index is 2.22. The van der Waals surface area contributed by atoms with Gasteiger partial charge in [-0.25, -0.2) is 0 Å². The first-order chi connectivity index (χ1) is 8.99. The lowest BCUT2D eigenvalue weighted by Gasteiger charge is -2.14. The number of hydrogen-bond acceptors (Lipinski definition) is 2. The molecule has 102 valence electrons. The summed E-state index contributed by atoms with van der Waals surface area (Å²) < 4.78 is 1.74. The highest BCUT2D eigenvalue weighted by Gasteiger charge is 2.17. The fraction of sp³-hybridized carbons (Fsp3) is 0.429. The standard InChI is InChI=1S/C14H18BrN3O/c1-9(15)8-10(2)16-14(19)13-11-6-4-5-7-12(11)18(3)17-13/h4-7,9-10H,8H2,1-3H3,(H,16,19). The first kappa shape index (κ1) is 14.1. The molecule has 4 nitrogen and oxygen atoms in total. The monoisotopic (exact) mass is 323 g/mol. The average molecular weight is 324 g/mol. The van der Waals surface area contributed by atoms with Gasteiger partial charge in [0.25, 0.3) is 5.91 Å². The molecule has 1 aromatic carbocycles. The van der Waals surface area contributed by atoms with Crippen LogP contribution in [0, 0.1) is 0 Å². The maximum Gasteiger partial charge on any atom is 0.272 e. The van der Waals surface area contributed by atoms with Crippen molar-refractivity contribution in [2.75, 3.05) is 0 Å². The number of amides is 1. The summed E-state index contributed by atoms with van der Waals surface area (Å²) >= 11 is 3.49. The third-order valence-electron chi connectivity index (χ3n) is 3.03.